The van der Waals surface area contributed by atoms with Crippen molar-refractivity contribution in [2.24, 2.45) is 0 Å². The van der Waals surface area contributed by atoms with Crippen LogP contribution >= 0.6 is 0 Å². The number of methoxy groups -OCH3 is 1. The SMILES string of the molecule is COc1ccc2cc3cc(C(=O)NCCCN4CCN(c5ccc(F)cc5)CC4)oc3nc2c1. The number of hydrogen-bond acceptors (Lipinski definition) is 6. The van der Waals surface area contributed by atoms with Crippen LogP contribution in [0.15, 0.2) is 59.0 Å². The highest BCUT2D eigenvalue weighted by Gasteiger charge is 2.18. The summed E-state index contributed by atoms with van der Waals surface area (Å²) in [6, 6.07) is 16.0. The van der Waals surface area contributed by atoms with Crippen LogP contribution < -0.4 is 15.0 Å². The van der Waals surface area contributed by atoms with Gasteiger partial charge in [0.1, 0.15) is 11.6 Å². The highest BCUT2D eigenvalue weighted by atomic mass is 19.1. The molecule has 34 heavy (non-hydrogen) atoms. The smallest absolute Gasteiger partial charge is 0.287 e. The summed E-state index contributed by atoms with van der Waals surface area (Å²) in [6.45, 7) is 5.18. The van der Waals surface area contributed by atoms with Crippen molar-refractivity contribution in [1.82, 2.24) is 15.2 Å². The Kier molecular flexibility index (Phi) is 6.31. The third-order valence-corrected chi connectivity index (χ3v) is 6.24. The van der Waals surface area contributed by atoms with E-state index in [2.05, 4.69) is 20.1 Å². The van der Waals surface area contributed by atoms with E-state index in [0.717, 1.165) is 66.9 Å². The second-order valence-electron chi connectivity index (χ2n) is 8.47. The van der Waals surface area contributed by atoms with Crippen molar-refractivity contribution in [1.29, 1.82) is 0 Å². The number of carbonyl (C=O) groups excluding carboxylic acids is 1. The Bertz CT molecular complexity index is 1300. The van der Waals surface area contributed by atoms with E-state index < -0.39 is 0 Å². The Balaban J connectivity index is 1.10. The number of pyridine rings is 1. The number of hydrogen-bond donors (Lipinski definition) is 1. The van der Waals surface area contributed by atoms with Crippen LogP contribution in [0.2, 0.25) is 0 Å². The minimum absolute atomic E-state index is 0.211. The number of piperazine rings is 1. The molecule has 0 unspecified atom stereocenters. The molecule has 0 spiro atoms. The zero-order valence-electron chi connectivity index (χ0n) is 19.1. The first kappa shape index (κ1) is 22.2. The highest BCUT2D eigenvalue weighted by Crippen LogP contribution is 2.25. The van der Waals surface area contributed by atoms with Gasteiger partial charge in [0.25, 0.3) is 5.91 Å². The van der Waals surface area contributed by atoms with E-state index in [0.29, 0.717) is 12.3 Å². The lowest BCUT2D eigenvalue weighted by atomic mass is 10.2. The summed E-state index contributed by atoms with van der Waals surface area (Å²) in [7, 11) is 1.61. The molecule has 0 bridgehead atoms. The van der Waals surface area contributed by atoms with Crippen molar-refractivity contribution in [2.45, 2.75) is 6.42 Å². The summed E-state index contributed by atoms with van der Waals surface area (Å²) in [5, 5.41) is 4.70. The van der Waals surface area contributed by atoms with E-state index in [1.54, 1.807) is 13.2 Å². The Morgan fingerprint density at radius 1 is 1.06 bits per heavy atom. The number of fused-ring (bicyclic) bond motifs is 2. The molecule has 4 aromatic rings. The van der Waals surface area contributed by atoms with Crippen LogP contribution in [-0.2, 0) is 0 Å². The Morgan fingerprint density at radius 3 is 2.62 bits per heavy atom. The van der Waals surface area contributed by atoms with E-state index >= 15 is 0 Å². The van der Waals surface area contributed by atoms with Crippen LogP contribution in [0.1, 0.15) is 17.0 Å². The van der Waals surface area contributed by atoms with Gasteiger partial charge in [-0.2, -0.15) is 0 Å². The monoisotopic (exact) mass is 462 g/mol. The van der Waals surface area contributed by atoms with Gasteiger partial charge in [0.15, 0.2) is 5.76 Å². The summed E-state index contributed by atoms with van der Waals surface area (Å²) in [4.78, 5) is 21.8. The van der Waals surface area contributed by atoms with E-state index in [1.165, 1.54) is 12.1 Å². The van der Waals surface area contributed by atoms with Gasteiger partial charge in [-0.3, -0.25) is 9.69 Å². The standard InChI is InChI=1S/C26H27FN4O3/c1-33-22-8-3-18-15-19-16-24(34-26(19)29-23(18)17-22)25(32)28-9-2-10-30-11-13-31(14-12-30)21-6-4-20(27)5-7-21/h3-8,15-17H,2,9-14H2,1H3,(H,28,32). The summed E-state index contributed by atoms with van der Waals surface area (Å²) in [6.07, 6.45) is 0.852. The average Bonchev–Trinajstić information content (AvgIpc) is 3.28. The van der Waals surface area contributed by atoms with E-state index in [4.69, 9.17) is 9.15 Å². The second kappa shape index (κ2) is 9.69. The number of aromatic nitrogens is 1. The number of benzene rings is 2. The molecule has 1 N–H and O–H groups in total. The molecule has 0 saturated carbocycles. The molecule has 1 aliphatic heterocycles. The van der Waals surface area contributed by atoms with E-state index in [-0.39, 0.29) is 17.5 Å². The number of ether oxygens (including phenoxy) is 1. The van der Waals surface area contributed by atoms with Gasteiger partial charge in [-0.1, -0.05) is 0 Å². The zero-order chi connectivity index (χ0) is 23.5. The lowest BCUT2D eigenvalue weighted by molar-refractivity contribution is 0.0925. The fourth-order valence-corrected chi connectivity index (χ4v) is 4.32. The number of carbonyl (C=O) groups is 1. The summed E-state index contributed by atoms with van der Waals surface area (Å²) in [5.74, 6) is 0.539. The molecule has 2 aromatic heterocycles. The molecule has 3 heterocycles. The molecule has 1 amide bonds. The van der Waals surface area contributed by atoms with Crippen molar-refractivity contribution >= 4 is 33.6 Å². The zero-order valence-corrected chi connectivity index (χ0v) is 19.1. The summed E-state index contributed by atoms with van der Waals surface area (Å²) < 4.78 is 24.1. The maximum absolute atomic E-state index is 13.1. The fraction of sp³-hybridized carbons (Fsp3) is 0.308. The van der Waals surface area contributed by atoms with Gasteiger partial charge < -0.3 is 19.4 Å². The van der Waals surface area contributed by atoms with Crippen LogP contribution in [0.3, 0.4) is 0 Å². The molecular formula is C26H27FN4O3. The maximum Gasteiger partial charge on any atom is 0.287 e. The Labute approximate surface area is 197 Å². The van der Waals surface area contributed by atoms with Gasteiger partial charge in [0.2, 0.25) is 5.71 Å². The van der Waals surface area contributed by atoms with Crippen molar-refractivity contribution in [3.05, 3.63) is 66.2 Å². The fourth-order valence-electron chi connectivity index (χ4n) is 4.32. The molecule has 0 radical (unpaired) electrons. The number of halogens is 1. The average molecular weight is 463 g/mol. The van der Waals surface area contributed by atoms with Crippen molar-refractivity contribution < 1.29 is 18.3 Å². The summed E-state index contributed by atoms with van der Waals surface area (Å²) in [5.41, 5.74) is 2.25. The summed E-state index contributed by atoms with van der Waals surface area (Å²) >= 11 is 0. The highest BCUT2D eigenvalue weighted by molar-refractivity contribution is 5.98. The third-order valence-electron chi connectivity index (χ3n) is 6.24. The molecule has 1 aliphatic rings. The number of furan rings is 1. The van der Waals surface area contributed by atoms with Gasteiger partial charge in [-0.05, 0) is 61.5 Å². The van der Waals surface area contributed by atoms with Gasteiger partial charge in [-0.15, -0.1) is 0 Å². The largest absolute Gasteiger partial charge is 0.497 e. The van der Waals surface area contributed by atoms with E-state index in [9.17, 15) is 9.18 Å². The molecular weight excluding hydrogens is 435 g/mol. The second-order valence-corrected chi connectivity index (χ2v) is 8.47. The predicted octanol–water partition coefficient (Wildman–Crippen LogP) is 4.07. The van der Waals surface area contributed by atoms with Crippen molar-refractivity contribution in [2.75, 3.05) is 51.3 Å². The van der Waals surface area contributed by atoms with Crippen LogP contribution in [0.5, 0.6) is 5.75 Å². The molecule has 176 valence electrons. The number of nitrogens with zero attached hydrogens (tertiary/aromatic N) is 3. The van der Waals surface area contributed by atoms with Crippen LogP contribution in [0.4, 0.5) is 10.1 Å². The maximum atomic E-state index is 13.1. The Morgan fingerprint density at radius 2 is 1.85 bits per heavy atom. The van der Waals surface area contributed by atoms with Gasteiger partial charge in [0.05, 0.1) is 12.6 Å². The first-order valence-electron chi connectivity index (χ1n) is 11.5. The number of nitrogens with one attached hydrogen (secondary N) is 1. The van der Waals surface area contributed by atoms with Gasteiger partial charge >= 0.3 is 0 Å². The minimum atomic E-state index is -0.235. The third kappa shape index (κ3) is 4.82. The molecule has 2 aromatic carbocycles. The van der Waals surface area contributed by atoms with Crippen molar-refractivity contribution in [3.63, 3.8) is 0 Å². The quantitative estimate of drug-likeness (QED) is 0.418. The van der Waals surface area contributed by atoms with Crippen LogP contribution in [-0.4, -0.2) is 62.2 Å². The minimum Gasteiger partial charge on any atom is -0.497 e. The number of rotatable bonds is 7. The first-order valence-corrected chi connectivity index (χ1v) is 11.5. The topological polar surface area (TPSA) is 70.8 Å². The number of amides is 1. The molecule has 8 heteroatoms. The number of anilines is 1. The Hall–Kier alpha value is -3.65. The lowest BCUT2D eigenvalue weighted by Crippen LogP contribution is -2.47. The molecule has 5 rings (SSSR count). The molecule has 0 aliphatic carbocycles. The van der Waals surface area contributed by atoms with Crippen LogP contribution in [0, 0.1) is 5.82 Å². The molecule has 7 nitrogen and oxygen atoms in total. The lowest BCUT2D eigenvalue weighted by Gasteiger charge is -2.36. The normalized spacial score (nSPS) is 14.6. The van der Waals surface area contributed by atoms with Gasteiger partial charge in [0, 0.05) is 55.2 Å². The molecule has 1 fully saturated rings. The molecule has 0 atom stereocenters. The van der Waals surface area contributed by atoms with E-state index in [1.807, 2.05) is 36.4 Å². The predicted molar refractivity (Wildman–Crippen MR) is 130 cm³/mol. The first-order chi connectivity index (χ1) is 16.6. The molecule has 1 saturated heterocycles. The van der Waals surface area contributed by atoms with Crippen molar-refractivity contribution in [3.8, 4) is 5.75 Å². The van der Waals surface area contributed by atoms with Gasteiger partial charge in [-0.25, -0.2) is 9.37 Å². The van der Waals surface area contributed by atoms with Crippen LogP contribution in [0.25, 0.3) is 22.0 Å².